The molecular weight excluding hydrogens is 224 g/mol. The molecule has 1 radical (unpaired) electrons. The number of aliphatic hydroxyl groups is 1. The van der Waals surface area contributed by atoms with Gasteiger partial charge in [-0.05, 0) is 19.9 Å². The van der Waals surface area contributed by atoms with Crippen LogP contribution in [-0.2, 0) is 19.1 Å². The number of unbranched alkanes of at least 4 members (excludes halogenated alkanes) is 1. The number of carbonyl (C=O) groups is 2. The minimum Gasteiger partial charge on any atom is -0.463 e. The van der Waals surface area contributed by atoms with E-state index in [1.165, 1.54) is 14.0 Å². The second kappa shape index (κ2) is 10.9. The Morgan fingerprint density at radius 1 is 1.24 bits per heavy atom. The van der Waals surface area contributed by atoms with Gasteiger partial charge >= 0.3 is 11.9 Å². The first-order valence-electron chi connectivity index (χ1n) is 4.95. The van der Waals surface area contributed by atoms with Crippen molar-refractivity contribution in [3.8, 4) is 0 Å². The van der Waals surface area contributed by atoms with Gasteiger partial charge in [-0.15, -0.1) is 0 Å². The molecule has 0 saturated carbocycles. The van der Waals surface area contributed by atoms with Crippen LogP contribution in [0.1, 0.15) is 19.8 Å². The molecule has 0 bridgehead atoms. The van der Waals surface area contributed by atoms with Crippen molar-refractivity contribution in [2.75, 3.05) is 13.7 Å². The number of hydrogen-bond donors (Lipinski definition) is 1. The summed E-state index contributed by atoms with van der Waals surface area (Å²) in [7, 11) is 1.17. The number of hydrogen-bond acceptors (Lipinski definition) is 5. The van der Waals surface area contributed by atoms with E-state index in [0.29, 0.717) is 0 Å². The van der Waals surface area contributed by atoms with Crippen molar-refractivity contribution in [1.29, 1.82) is 0 Å². The van der Waals surface area contributed by atoms with Gasteiger partial charge in [-0.25, -0.2) is 9.59 Å². The van der Waals surface area contributed by atoms with Crippen LogP contribution in [0.2, 0.25) is 0 Å². The van der Waals surface area contributed by atoms with Gasteiger partial charge in [0.05, 0.1) is 7.11 Å². The summed E-state index contributed by atoms with van der Waals surface area (Å²) in [6.45, 7) is 11.8. The molecule has 17 heavy (non-hydrogen) atoms. The van der Waals surface area contributed by atoms with Crippen molar-refractivity contribution in [2.24, 2.45) is 0 Å². The molecule has 0 aliphatic carbocycles. The average Bonchev–Trinajstić information content (AvgIpc) is 2.29. The van der Waals surface area contributed by atoms with E-state index in [2.05, 4.69) is 29.6 Å². The molecule has 0 fully saturated rings. The highest BCUT2D eigenvalue weighted by Crippen LogP contribution is 2.01. The maximum Gasteiger partial charge on any atom is 0.373 e. The molecule has 97 valence electrons. The molecule has 0 aliphatic heterocycles. The highest BCUT2D eigenvalue weighted by molar-refractivity contribution is 5.93. The Morgan fingerprint density at radius 3 is 2.00 bits per heavy atom. The van der Waals surface area contributed by atoms with E-state index in [-0.39, 0.29) is 17.9 Å². The molecule has 0 aromatic carbocycles. The van der Waals surface area contributed by atoms with E-state index < -0.39 is 11.9 Å². The van der Waals surface area contributed by atoms with Crippen LogP contribution in [0.4, 0.5) is 0 Å². The molecule has 0 aromatic heterocycles. The number of esters is 2. The normalized spacial score (nSPS) is 8.47. The molecule has 0 aliphatic rings. The number of ether oxygens (including phenoxy) is 2. The minimum atomic E-state index is -0.774. The molecule has 0 amide bonds. The van der Waals surface area contributed by atoms with Gasteiger partial charge in [0.2, 0.25) is 5.76 Å². The van der Waals surface area contributed by atoms with Crippen LogP contribution in [0.3, 0.4) is 0 Å². The average molecular weight is 243 g/mol. The van der Waals surface area contributed by atoms with Gasteiger partial charge in [-0.1, -0.05) is 19.9 Å². The van der Waals surface area contributed by atoms with Gasteiger partial charge < -0.3 is 14.6 Å². The highest BCUT2D eigenvalue weighted by atomic mass is 16.6. The van der Waals surface area contributed by atoms with Crippen molar-refractivity contribution in [1.82, 2.24) is 0 Å². The fraction of sp³-hybridized carbons (Fsp3) is 0.417. The molecule has 0 atom stereocenters. The summed E-state index contributed by atoms with van der Waals surface area (Å²) < 4.78 is 8.70. The number of carbonyl (C=O) groups excluding carboxylic acids is 2. The molecule has 5 nitrogen and oxygen atoms in total. The highest BCUT2D eigenvalue weighted by Gasteiger charge is 2.12. The zero-order valence-corrected chi connectivity index (χ0v) is 10.3. The SMILES string of the molecule is C=C(C)C(=O)OC(=C)C(=O)OC.[CH2]CCCO. The summed E-state index contributed by atoms with van der Waals surface area (Å²) in [6.07, 6.45) is 1.68. The van der Waals surface area contributed by atoms with Crippen molar-refractivity contribution in [2.45, 2.75) is 19.8 Å². The van der Waals surface area contributed by atoms with Crippen LogP contribution >= 0.6 is 0 Å². The monoisotopic (exact) mass is 243 g/mol. The lowest BCUT2D eigenvalue weighted by molar-refractivity contribution is -0.147. The fourth-order valence-electron chi connectivity index (χ4n) is 0.466. The standard InChI is InChI=1S/C8H10O4.C4H9O/c1-5(2)7(9)12-6(3)8(10)11-4;1-2-3-4-5/h1,3H2,2,4H3;5H,1-4H2. The fourth-order valence-corrected chi connectivity index (χ4v) is 0.466. The Morgan fingerprint density at radius 2 is 1.76 bits per heavy atom. The first-order chi connectivity index (χ1) is 7.90. The topological polar surface area (TPSA) is 72.8 Å². The third-order valence-electron chi connectivity index (χ3n) is 1.39. The van der Waals surface area contributed by atoms with Gasteiger partial charge in [0.25, 0.3) is 0 Å². The summed E-state index contributed by atoms with van der Waals surface area (Å²) in [6, 6.07) is 0. The third kappa shape index (κ3) is 10.7. The van der Waals surface area contributed by atoms with Crippen LogP contribution < -0.4 is 0 Å². The summed E-state index contributed by atoms with van der Waals surface area (Å²) in [5.41, 5.74) is 0.194. The molecule has 0 spiro atoms. The van der Waals surface area contributed by atoms with E-state index in [9.17, 15) is 9.59 Å². The van der Waals surface area contributed by atoms with E-state index >= 15 is 0 Å². The van der Waals surface area contributed by atoms with Crippen LogP contribution in [0.15, 0.2) is 24.5 Å². The summed E-state index contributed by atoms with van der Waals surface area (Å²) in [4.78, 5) is 21.4. The molecule has 1 N–H and O–H groups in total. The van der Waals surface area contributed by atoms with Crippen LogP contribution in [0.25, 0.3) is 0 Å². The van der Waals surface area contributed by atoms with Crippen molar-refractivity contribution in [3.05, 3.63) is 31.4 Å². The predicted octanol–water partition coefficient (Wildman–Crippen LogP) is 1.39. The maximum atomic E-state index is 10.8. The Labute approximate surface area is 102 Å². The van der Waals surface area contributed by atoms with Crippen molar-refractivity contribution < 1.29 is 24.2 Å². The summed E-state index contributed by atoms with van der Waals surface area (Å²) >= 11 is 0. The Bertz CT molecular complexity index is 279. The van der Waals surface area contributed by atoms with Gasteiger partial charge in [0.15, 0.2) is 0 Å². The zero-order chi connectivity index (χ0) is 13.8. The quantitative estimate of drug-likeness (QED) is 0.448. The number of methoxy groups -OCH3 is 1. The molecule has 0 saturated heterocycles. The van der Waals surface area contributed by atoms with Gasteiger partial charge in [0, 0.05) is 12.2 Å². The molecule has 0 aromatic rings. The first kappa shape index (κ1) is 17.8. The first-order valence-corrected chi connectivity index (χ1v) is 4.95. The van der Waals surface area contributed by atoms with E-state index in [1.54, 1.807) is 0 Å². The molecular formula is C12H19O5. The minimum absolute atomic E-state index is 0.194. The summed E-state index contributed by atoms with van der Waals surface area (Å²) in [5, 5.41) is 8.03. The molecule has 0 unspecified atom stereocenters. The number of rotatable bonds is 5. The van der Waals surface area contributed by atoms with E-state index in [1.807, 2.05) is 0 Å². The summed E-state index contributed by atoms with van der Waals surface area (Å²) in [5.74, 6) is -1.81. The van der Waals surface area contributed by atoms with Crippen molar-refractivity contribution >= 4 is 11.9 Å². The van der Waals surface area contributed by atoms with Gasteiger partial charge in [-0.2, -0.15) is 0 Å². The van der Waals surface area contributed by atoms with Gasteiger partial charge in [0.1, 0.15) is 0 Å². The molecule has 0 heterocycles. The van der Waals surface area contributed by atoms with E-state index in [4.69, 9.17) is 5.11 Å². The molecule has 5 heteroatoms. The zero-order valence-electron chi connectivity index (χ0n) is 10.3. The second-order valence-corrected chi connectivity index (χ2v) is 3.02. The van der Waals surface area contributed by atoms with Crippen LogP contribution in [0.5, 0.6) is 0 Å². The Kier molecular flexibility index (Phi) is 11.4. The lowest BCUT2D eigenvalue weighted by atomic mass is 10.4. The largest absolute Gasteiger partial charge is 0.463 e. The molecule has 0 rings (SSSR count). The predicted molar refractivity (Wildman–Crippen MR) is 63.7 cm³/mol. The van der Waals surface area contributed by atoms with Crippen molar-refractivity contribution in [3.63, 3.8) is 0 Å². The van der Waals surface area contributed by atoms with E-state index in [0.717, 1.165) is 12.8 Å². The number of aliphatic hydroxyl groups excluding tert-OH is 1. The maximum absolute atomic E-state index is 10.8. The Balaban J connectivity index is 0. The van der Waals surface area contributed by atoms with Crippen LogP contribution in [-0.4, -0.2) is 30.8 Å². The second-order valence-electron chi connectivity index (χ2n) is 3.02. The third-order valence-corrected chi connectivity index (χ3v) is 1.39. The smallest absolute Gasteiger partial charge is 0.373 e. The lowest BCUT2D eigenvalue weighted by Gasteiger charge is -2.03. The Hall–Kier alpha value is -1.62. The lowest BCUT2D eigenvalue weighted by Crippen LogP contribution is -2.12. The van der Waals surface area contributed by atoms with Gasteiger partial charge in [-0.3, -0.25) is 0 Å². The van der Waals surface area contributed by atoms with Crippen LogP contribution in [0, 0.1) is 6.92 Å².